The highest BCUT2D eigenvalue weighted by molar-refractivity contribution is 9.10. The fourth-order valence-corrected chi connectivity index (χ4v) is 2.71. The smallest absolute Gasteiger partial charge is 0.144 e. The van der Waals surface area contributed by atoms with E-state index in [9.17, 15) is 0 Å². The normalized spacial score (nSPS) is 10.6. The number of pyridine rings is 1. The highest BCUT2D eigenvalue weighted by atomic mass is 79.9. The van der Waals surface area contributed by atoms with Gasteiger partial charge < -0.3 is 5.32 Å². The van der Waals surface area contributed by atoms with Gasteiger partial charge in [-0.2, -0.15) is 0 Å². The molecule has 1 heterocycles. The Bertz CT molecular complexity index is 738. The quantitative estimate of drug-likeness (QED) is 0.679. The minimum absolute atomic E-state index is 0.607. The van der Waals surface area contributed by atoms with Gasteiger partial charge >= 0.3 is 0 Å². The highest BCUT2D eigenvalue weighted by Crippen LogP contribution is 2.30. The molecule has 0 aliphatic heterocycles. The Hall–Kier alpha value is -1.58. The molecule has 0 unspecified atom stereocenters. The minimum Gasteiger partial charge on any atom is -0.339 e. The van der Waals surface area contributed by atoms with E-state index in [0.29, 0.717) is 5.02 Å². The van der Waals surface area contributed by atoms with Crippen molar-refractivity contribution in [2.24, 2.45) is 0 Å². The number of anilines is 2. The van der Waals surface area contributed by atoms with Crippen LogP contribution in [-0.4, -0.2) is 4.98 Å². The second-order valence-corrected chi connectivity index (χ2v) is 5.43. The van der Waals surface area contributed by atoms with E-state index in [4.69, 9.17) is 11.6 Å². The Morgan fingerprint density at radius 3 is 2.68 bits per heavy atom. The summed E-state index contributed by atoms with van der Waals surface area (Å²) in [7, 11) is 0. The average Bonchev–Trinajstić information content (AvgIpc) is 2.42. The Morgan fingerprint density at radius 2 is 1.84 bits per heavy atom. The lowest BCUT2D eigenvalue weighted by Gasteiger charge is -2.10. The zero-order chi connectivity index (χ0) is 13.2. The molecule has 0 bridgehead atoms. The average molecular weight is 334 g/mol. The summed E-state index contributed by atoms with van der Waals surface area (Å²) in [6.45, 7) is 0. The molecule has 1 N–H and O–H groups in total. The molecule has 3 aromatic rings. The van der Waals surface area contributed by atoms with Crippen molar-refractivity contribution in [3.63, 3.8) is 0 Å². The molecule has 0 saturated heterocycles. The highest BCUT2D eigenvalue weighted by Gasteiger charge is 2.05. The van der Waals surface area contributed by atoms with Gasteiger partial charge in [-0.15, -0.1) is 0 Å². The Labute approximate surface area is 124 Å². The number of nitrogens with one attached hydrogen (secondary N) is 1. The largest absolute Gasteiger partial charge is 0.339 e. The van der Waals surface area contributed by atoms with Crippen molar-refractivity contribution >= 4 is 49.8 Å². The molecule has 94 valence electrons. The molecule has 2 aromatic carbocycles. The minimum atomic E-state index is 0.607. The van der Waals surface area contributed by atoms with Crippen LogP contribution in [0.2, 0.25) is 5.02 Å². The topological polar surface area (TPSA) is 24.9 Å². The van der Waals surface area contributed by atoms with Gasteiger partial charge in [-0.3, -0.25) is 0 Å². The summed E-state index contributed by atoms with van der Waals surface area (Å²) in [5, 5.41) is 6.29. The number of halogens is 2. The van der Waals surface area contributed by atoms with Crippen LogP contribution in [0, 0.1) is 0 Å². The maximum atomic E-state index is 5.89. The van der Waals surface area contributed by atoms with Crippen LogP contribution in [0.15, 0.2) is 59.2 Å². The first kappa shape index (κ1) is 12.5. The van der Waals surface area contributed by atoms with Crippen LogP contribution < -0.4 is 5.32 Å². The van der Waals surface area contributed by atoms with Crippen LogP contribution >= 0.6 is 27.5 Å². The zero-order valence-corrected chi connectivity index (χ0v) is 12.2. The monoisotopic (exact) mass is 332 g/mol. The molecular formula is C15H10BrClN2. The molecule has 0 atom stereocenters. The summed E-state index contributed by atoms with van der Waals surface area (Å²) >= 11 is 9.35. The van der Waals surface area contributed by atoms with E-state index in [1.54, 1.807) is 6.20 Å². The fraction of sp³-hybridized carbons (Fsp3) is 0. The second-order valence-electron chi connectivity index (χ2n) is 4.14. The van der Waals surface area contributed by atoms with Crippen molar-refractivity contribution in [3.8, 4) is 0 Å². The van der Waals surface area contributed by atoms with E-state index in [0.717, 1.165) is 21.4 Å². The standard InChI is InChI=1S/C15H10BrClN2/c16-13-8-11(17)9-18-15(13)19-14-7-3-5-10-4-1-2-6-12(10)14/h1-9H,(H,18,19). The number of fused-ring (bicyclic) bond motifs is 1. The van der Waals surface area contributed by atoms with Gasteiger partial charge in [-0.25, -0.2) is 4.98 Å². The molecule has 2 nitrogen and oxygen atoms in total. The number of aromatic nitrogens is 1. The molecule has 1 aromatic heterocycles. The summed E-state index contributed by atoms with van der Waals surface area (Å²) < 4.78 is 0.841. The molecule has 19 heavy (non-hydrogen) atoms. The van der Waals surface area contributed by atoms with Gasteiger partial charge in [0.15, 0.2) is 0 Å². The third-order valence-electron chi connectivity index (χ3n) is 2.85. The summed E-state index contributed by atoms with van der Waals surface area (Å²) in [4.78, 5) is 4.29. The van der Waals surface area contributed by atoms with E-state index in [1.807, 2.05) is 30.3 Å². The maximum absolute atomic E-state index is 5.89. The van der Waals surface area contributed by atoms with Crippen LogP contribution in [-0.2, 0) is 0 Å². The predicted octanol–water partition coefficient (Wildman–Crippen LogP) is 5.39. The van der Waals surface area contributed by atoms with Gasteiger partial charge in [0.1, 0.15) is 5.82 Å². The SMILES string of the molecule is Clc1cnc(Nc2cccc3ccccc23)c(Br)c1. The number of hydrogen-bond acceptors (Lipinski definition) is 2. The Kier molecular flexibility index (Phi) is 3.40. The third-order valence-corrected chi connectivity index (χ3v) is 3.66. The van der Waals surface area contributed by atoms with E-state index < -0.39 is 0 Å². The van der Waals surface area contributed by atoms with Crippen molar-refractivity contribution in [1.29, 1.82) is 0 Å². The van der Waals surface area contributed by atoms with Crippen molar-refractivity contribution in [2.75, 3.05) is 5.32 Å². The number of rotatable bonds is 2. The lowest BCUT2D eigenvalue weighted by molar-refractivity contribution is 1.29. The van der Waals surface area contributed by atoms with Crippen LogP contribution in [0.4, 0.5) is 11.5 Å². The van der Waals surface area contributed by atoms with Crippen molar-refractivity contribution in [3.05, 3.63) is 64.2 Å². The summed E-state index contributed by atoms with van der Waals surface area (Å²) in [5.74, 6) is 0.751. The molecule has 0 aliphatic rings. The van der Waals surface area contributed by atoms with Crippen LogP contribution in [0.25, 0.3) is 10.8 Å². The maximum Gasteiger partial charge on any atom is 0.144 e. The first-order valence-electron chi connectivity index (χ1n) is 5.80. The molecule has 0 radical (unpaired) electrons. The van der Waals surface area contributed by atoms with Gasteiger partial charge in [0.05, 0.1) is 9.50 Å². The third kappa shape index (κ3) is 2.57. The lowest BCUT2D eigenvalue weighted by Crippen LogP contribution is -1.95. The first-order valence-corrected chi connectivity index (χ1v) is 6.97. The molecule has 0 fully saturated rings. The van der Waals surface area contributed by atoms with E-state index in [1.165, 1.54) is 5.39 Å². The van der Waals surface area contributed by atoms with Gasteiger partial charge in [0.2, 0.25) is 0 Å². The fourth-order valence-electron chi connectivity index (χ4n) is 1.97. The second kappa shape index (κ2) is 5.19. The Balaban J connectivity index is 2.06. The summed E-state index contributed by atoms with van der Waals surface area (Å²) in [5.41, 5.74) is 1.02. The van der Waals surface area contributed by atoms with Crippen molar-refractivity contribution in [1.82, 2.24) is 4.98 Å². The molecule has 4 heteroatoms. The summed E-state index contributed by atoms with van der Waals surface area (Å²) in [6.07, 6.45) is 1.62. The zero-order valence-electron chi connectivity index (χ0n) is 9.90. The van der Waals surface area contributed by atoms with Crippen LogP contribution in [0.5, 0.6) is 0 Å². The number of nitrogens with zero attached hydrogens (tertiary/aromatic N) is 1. The van der Waals surface area contributed by atoms with Gasteiger partial charge in [-0.1, -0.05) is 48.0 Å². The molecule has 3 rings (SSSR count). The van der Waals surface area contributed by atoms with E-state index in [2.05, 4.69) is 44.4 Å². The lowest BCUT2D eigenvalue weighted by atomic mass is 10.1. The van der Waals surface area contributed by atoms with Gasteiger partial charge in [-0.05, 0) is 33.4 Å². The van der Waals surface area contributed by atoms with Crippen LogP contribution in [0.1, 0.15) is 0 Å². The first-order chi connectivity index (χ1) is 9.24. The van der Waals surface area contributed by atoms with E-state index in [-0.39, 0.29) is 0 Å². The molecule has 0 aliphatic carbocycles. The van der Waals surface area contributed by atoms with Gasteiger partial charge in [0, 0.05) is 17.3 Å². The molecule has 0 spiro atoms. The van der Waals surface area contributed by atoms with E-state index >= 15 is 0 Å². The summed E-state index contributed by atoms with van der Waals surface area (Å²) in [6, 6.07) is 16.2. The van der Waals surface area contributed by atoms with Gasteiger partial charge in [0.25, 0.3) is 0 Å². The molecular weight excluding hydrogens is 324 g/mol. The van der Waals surface area contributed by atoms with Crippen molar-refractivity contribution < 1.29 is 0 Å². The number of hydrogen-bond donors (Lipinski definition) is 1. The number of benzene rings is 2. The van der Waals surface area contributed by atoms with Crippen molar-refractivity contribution in [2.45, 2.75) is 0 Å². The molecule has 0 saturated carbocycles. The molecule has 0 amide bonds. The Morgan fingerprint density at radius 1 is 1.05 bits per heavy atom. The predicted molar refractivity (Wildman–Crippen MR) is 84.2 cm³/mol. The van der Waals surface area contributed by atoms with Crippen LogP contribution in [0.3, 0.4) is 0 Å².